The topological polar surface area (TPSA) is 68.8 Å². The fraction of sp³-hybridized carbons (Fsp3) is 0.667. The average Bonchev–Trinajstić information content (AvgIpc) is 3.09. The molecule has 1 saturated carbocycles. The van der Waals surface area contributed by atoms with Crippen molar-refractivity contribution in [2.75, 3.05) is 6.54 Å². The molecule has 1 aliphatic rings. The van der Waals surface area contributed by atoms with Crippen LogP contribution in [0.25, 0.3) is 0 Å². The molecule has 1 N–H and O–H groups in total. The van der Waals surface area contributed by atoms with Crippen LogP contribution >= 0.6 is 0 Å². The van der Waals surface area contributed by atoms with Crippen molar-refractivity contribution in [2.24, 2.45) is 0 Å². The molecule has 0 aliphatic heterocycles. The Labute approximate surface area is 124 Å². The smallest absolute Gasteiger partial charge is 0.227 e. The lowest BCUT2D eigenvalue weighted by Gasteiger charge is -2.14. The van der Waals surface area contributed by atoms with Gasteiger partial charge in [-0.25, -0.2) is 0 Å². The predicted molar refractivity (Wildman–Crippen MR) is 79.1 cm³/mol. The Hall–Kier alpha value is -1.69. The molecule has 0 spiro atoms. The van der Waals surface area contributed by atoms with Gasteiger partial charge in [-0.15, -0.1) is 0 Å². The van der Waals surface area contributed by atoms with Gasteiger partial charge in [0.05, 0.1) is 12.2 Å². The Bertz CT molecular complexity index is 599. The highest BCUT2D eigenvalue weighted by molar-refractivity contribution is 5.06. The predicted octanol–water partition coefficient (Wildman–Crippen LogP) is 1.98. The first kappa shape index (κ1) is 14.3. The van der Waals surface area contributed by atoms with Gasteiger partial charge in [-0.2, -0.15) is 10.1 Å². The highest BCUT2D eigenvalue weighted by Crippen LogP contribution is 2.38. The molecule has 21 heavy (non-hydrogen) atoms. The van der Waals surface area contributed by atoms with Gasteiger partial charge in [0.25, 0.3) is 0 Å². The summed E-state index contributed by atoms with van der Waals surface area (Å²) in [5.74, 6) is 2.18. The van der Waals surface area contributed by atoms with Crippen LogP contribution in [0.3, 0.4) is 0 Å². The van der Waals surface area contributed by atoms with Crippen LogP contribution in [-0.2, 0) is 13.0 Å². The second kappa shape index (κ2) is 5.97. The van der Waals surface area contributed by atoms with Crippen molar-refractivity contribution in [3.63, 3.8) is 0 Å². The number of aromatic nitrogens is 4. The van der Waals surface area contributed by atoms with Gasteiger partial charge in [0.15, 0.2) is 5.82 Å². The zero-order valence-electron chi connectivity index (χ0n) is 13.0. The molecule has 2 aromatic rings. The lowest BCUT2D eigenvalue weighted by molar-refractivity contribution is 0.364. The number of nitrogens with one attached hydrogen (secondary N) is 1. The Morgan fingerprint density at radius 2 is 2.24 bits per heavy atom. The Kier molecular flexibility index (Phi) is 4.05. The minimum Gasteiger partial charge on any atom is -0.339 e. The van der Waals surface area contributed by atoms with Crippen LogP contribution in [-0.4, -0.2) is 32.5 Å². The van der Waals surface area contributed by atoms with Gasteiger partial charge in [-0.3, -0.25) is 4.68 Å². The lowest BCUT2D eigenvalue weighted by atomic mass is 10.3. The van der Waals surface area contributed by atoms with Gasteiger partial charge in [-0.1, -0.05) is 5.16 Å². The number of rotatable bonds is 7. The molecule has 0 bridgehead atoms. The Morgan fingerprint density at radius 1 is 1.43 bits per heavy atom. The summed E-state index contributed by atoms with van der Waals surface area (Å²) in [5.41, 5.74) is 2.27. The number of hydrogen-bond acceptors (Lipinski definition) is 5. The van der Waals surface area contributed by atoms with Crippen molar-refractivity contribution >= 4 is 0 Å². The zero-order chi connectivity index (χ0) is 14.8. The summed E-state index contributed by atoms with van der Waals surface area (Å²) in [6.45, 7) is 7.99. The molecule has 2 aromatic heterocycles. The fourth-order valence-electron chi connectivity index (χ4n) is 2.49. The molecule has 3 rings (SSSR count). The third-order valence-corrected chi connectivity index (χ3v) is 3.81. The van der Waals surface area contributed by atoms with E-state index in [0.717, 1.165) is 36.9 Å². The minimum atomic E-state index is 0.355. The summed E-state index contributed by atoms with van der Waals surface area (Å²) < 4.78 is 7.32. The van der Waals surface area contributed by atoms with E-state index < -0.39 is 0 Å². The fourth-order valence-corrected chi connectivity index (χ4v) is 2.49. The molecule has 0 saturated heterocycles. The third kappa shape index (κ3) is 3.69. The van der Waals surface area contributed by atoms with Crippen LogP contribution in [0, 0.1) is 13.8 Å². The van der Waals surface area contributed by atoms with Gasteiger partial charge >= 0.3 is 0 Å². The molecule has 0 aromatic carbocycles. The minimum absolute atomic E-state index is 0.355. The Morgan fingerprint density at radius 3 is 2.90 bits per heavy atom. The number of nitrogens with zero attached hydrogens (tertiary/aromatic N) is 4. The summed E-state index contributed by atoms with van der Waals surface area (Å²) in [6, 6.07) is 2.46. The summed E-state index contributed by atoms with van der Waals surface area (Å²) in [4.78, 5) is 4.44. The molecule has 0 unspecified atom stereocenters. The molecule has 114 valence electrons. The van der Waals surface area contributed by atoms with E-state index in [9.17, 15) is 0 Å². The first-order chi connectivity index (χ1) is 10.1. The van der Waals surface area contributed by atoms with E-state index in [1.807, 2.05) is 11.6 Å². The number of aryl methyl sites for hydroxylation is 2. The average molecular weight is 289 g/mol. The second-order valence-electron chi connectivity index (χ2n) is 6.03. The molecule has 1 aliphatic carbocycles. The van der Waals surface area contributed by atoms with Gasteiger partial charge in [0.1, 0.15) is 0 Å². The summed E-state index contributed by atoms with van der Waals surface area (Å²) >= 11 is 0. The van der Waals surface area contributed by atoms with Crippen molar-refractivity contribution in [3.8, 4) is 0 Å². The van der Waals surface area contributed by atoms with Crippen molar-refractivity contribution in [3.05, 3.63) is 29.2 Å². The first-order valence-electron chi connectivity index (χ1n) is 7.68. The SMILES string of the molecule is Cc1cc(C)n(C[C@@H](C)NCCc2nc(C3CC3)no2)n1. The van der Waals surface area contributed by atoms with E-state index in [4.69, 9.17) is 4.52 Å². The summed E-state index contributed by atoms with van der Waals surface area (Å²) in [6.07, 6.45) is 3.19. The van der Waals surface area contributed by atoms with Crippen molar-refractivity contribution in [1.82, 2.24) is 25.2 Å². The normalized spacial score (nSPS) is 16.3. The number of hydrogen-bond donors (Lipinski definition) is 1. The highest BCUT2D eigenvalue weighted by atomic mass is 16.5. The molecule has 2 heterocycles. The standard InChI is InChI=1S/C15H23N5O/c1-10-8-12(3)20(18-10)9-11(2)16-7-6-14-17-15(19-21-14)13-4-5-13/h8,11,13,16H,4-7,9H2,1-3H3/t11-/m1/s1. The first-order valence-corrected chi connectivity index (χ1v) is 7.68. The largest absolute Gasteiger partial charge is 0.339 e. The van der Waals surface area contributed by atoms with Crippen molar-refractivity contribution < 1.29 is 4.52 Å². The van der Waals surface area contributed by atoms with E-state index in [0.29, 0.717) is 12.0 Å². The quantitative estimate of drug-likeness (QED) is 0.844. The van der Waals surface area contributed by atoms with Crippen LogP contribution in [0.15, 0.2) is 10.6 Å². The van der Waals surface area contributed by atoms with E-state index in [1.165, 1.54) is 18.5 Å². The molecular formula is C15H23N5O. The van der Waals surface area contributed by atoms with E-state index in [-0.39, 0.29) is 0 Å². The van der Waals surface area contributed by atoms with Crippen molar-refractivity contribution in [2.45, 2.75) is 58.5 Å². The molecule has 0 radical (unpaired) electrons. The highest BCUT2D eigenvalue weighted by Gasteiger charge is 2.28. The van der Waals surface area contributed by atoms with E-state index in [1.54, 1.807) is 0 Å². The third-order valence-electron chi connectivity index (χ3n) is 3.81. The zero-order valence-corrected chi connectivity index (χ0v) is 13.0. The molecule has 1 atom stereocenters. The van der Waals surface area contributed by atoms with Crippen molar-refractivity contribution in [1.29, 1.82) is 0 Å². The Balaban J connectivity index is 1.42. The lowest BCUT2D eigenvalue weighted by Crippen LogP contribution is -2.32. The van der Waals surface area contributed by atoms with Crippen LogP contribution in [0.5, 0.6) is 0 Å². The van der Waals surface area contributed by atoms with Crippen LogP contribution in [0.1, 0.15) is 48.8 Å². The molecule has 0 amide bonds. The molecule has 6 nitrogen and oxygen atoms in total. The van der Waals surface area contributed by atoms with E-state index in [2.05, 4.69) is 40.5 Å². The second-order valence-corrected chi connectivity index (χ2v) is 6.03. The maximum atomic E-state index is 5.27. The van der Waals surface area contributed by atoms with Gasteiger partial charge in [0, 0.05) is 30.6 Å². The molecular weight excluding hydrogens is 266 g/mol. The van der Waals surface area contributed by atoms with Crippen LogP contribution in [0.2, 0.25) is 0 Å². The van der Waals surface area contributed by atoms with E-state index >= 15 is 0 Å². The summed E-state index contributed by atoms with van der Waals surface area (Å²) in [5, 5.41) is 12.0. The maximum absolute atomic E-state index is 5.27. The van der Waals surface area contributed by atoms with Gasteiger partial charge in [0.2, 0.25) is 5.89 Å². The van der Waals surface area contributed by atoms with Gasteiger partial charge < -0.3 is 9.84 Å². The van der Waals surface area contributed by atoms with Crippen LogP contribution in [0.4, 0.5) is 0 Å². The monoisotopic (exact) mass is 289 g/mol. The molecule has 1 fully saturated rings. The maximum Gasteiger partial charge on any atom is 0.227 e. The van der Waals surface area contributed by atoms with Crippen LogP contribution < -0.4 is 5.32 Å². The summed E-state index contributed by atoms with van der Waals surface area (Å²) in [7, 11) is 0. The van der Waals surface area contributed by atoms with Gasteiger partial charge in [-0.05, 0) is 39.7 Å². The molecule has 6 heteroatoms.